The normalized spacial score (nSPS) is 12.7. The predicted octanol–water partition coefficient (Wildman–Crippen LogP) is 0.770. The topological polar surface area (TPSA) is 55.5 Å². The lowest BCUT2D eigenvalue weighted by Gasteiger charge is -2.11. The molecular weight excluding hydrogens is 178 g/mol. The van der Waals surface area contributed by atoms with Crippen LogP contribution in [0.5, 0.6) is 0 Å². The van der Waals surface area contributed by atoms with Gasteiger partial charge < -0.3 is 15.6 Å². The van der Waals surface area contributed by atoms with Crippen LogP contribution in [0.1, 0.15) is 5.56 Å². The summed E-state index contributed by atoms with van der Waals surface area (Å²) in [4.78, 5) is 0. The van der Waals surface area contributed by atoms with E-state index in [1.807, 2.05) is 30.3 Å². The Morgan fingerprint density at radius 3 is 2.57 bits per heavy atom. The zero-order chi connectivity index (χ0) is 10.2. The molecule has 3 N–H and O–H groups in total. The summed E-state index contributed by atoms with van der Waals surface area (Å²) in [7, 11) is 0. The van der Waals surface area contributed by atoms with Crippen LogP contribution < -0.4 is 5.73 Å². The van der Waals surface area contributed by atoms with Gasteiger partial charge in [-0.05, 0) is 12.1 Å². The first-order chi connectivity index (χ1) is 6.86. The summed E-state index contributed by atoms with van der Waals surface area (Å²) in [6, 6.07) is 9.95. The van der Waals surface area contributed by atoms with Gasteiger partial charge in [0.05, 0.1) is 13.2 Å². The Kier molecular flexibility index (Phi) is 5.22. The van der Waals surface area contributed by atoms with Crippen molar-refractivity contribution in [3.8, 4) is 0 Å². The van der Waals surface area contributed by atoms with E-state index in [4.69, 9.17) is 15.6 Å². The monoisotopic (exact) mass is 195 g/mol. The molecule has 0 bridgehead atoms. The zero-order valence-corrected chi connectivity index (χ0v) is 8.23. The molecule has 78 valence electrons. The zero-order valence-electron chi connectivity index (χ0n) is 8.23. The van der Waals surface area contributed by atoms with Crippen LogP contribution in [0.25, 0.3) is 0 Å². The summed E-state index contributed by atoms with van der Waals surface area (Å²) >= 11 is 0. The van der Waals surface area contributed by atoms with Gasteiger partial charge in [0.25, 0.3) is 0 Å². The fraction of sp³-hybridized carbons (Fsp3) is 0.455. The van der Waals surface area contributed by atoms with Gasteiger partial charge in [0.1, 0.15) is 0 Å². The van der Waals surface area contributed by atoms with Crippen LogP contribution in [-0.2, 0) is 11.3 Å². The van der Waals surface area contributed by atoms with E-state index in [1.54, 1.807) is 0 Å². The van der Waals surface area contributed by atoms with Crippen molar-refractivity contribution in [2.45, 2.75) is 6.61 Å². The van der Waals surface area contributed by atoms with E-state index in [2.05, 4.69) is 0 Å². The van der Waals surface area contributed by atoms with Crippen molar-refractivity contribution in [2.24, 2.45) is 11.7 Å². The maximum atomic E-state index is 8.86. The molecule has 3 nitrogen and oxygen atoms in total. The summed E-state index contributed by atoms with van der Waals surface area (Å²) in [5.74, 6) is 0.0544. The van der Waals surface area contributed by atoms with Gasteiger partial charge in [0, 0.05) is 12.5 Å². The fourth-order valence-electron chi connectivity index (χ4n) is 1.11. The highest BCUT2D eigenvalue weighted by Gasteiger charge is 2.04. The largest absolute Gasteiger partial charge is 0.396 e. The minimum atomic E-state index is 0.0544. The van der Waals surface area contributed by atoms with E-state index in [0.717, 1.165) is 5.56 Å². The second-order valence-electron chi connectivity index (χ2n) is 3.29. The third-order valence-electron chi connectivity index (χ3n) is 2.06. The van der Waals surface area contributed by atoms with Crippen LogP contribution in [-0.4, -0.2) is 24.9 Å². The Morgan fingerprint density at radius 1 is 1.29 bits per heavy atom. The first kappa shape index (κ1) is 11.2. The Balaban J connectivity index is 2.21. The molecule has 1 rings (SSSR count). The second kappa shape index (κ2) is 6.54. The highest BCUT2D eigenvalue weighted by Crippen LogP contribution is 2.02. The molecule has 1 aromatic rings. The molecule has 1 atom stereocenters. The van der Waals surface area contributed by atoms with Crippen LogP contribution in [0.3, 0.4) is 0 Å². The Bertz CT molecular complexity index is 234. The van der Waals surface area contributed by atoms with Crippen molar-refractivity contribution in [2.75, 3.05) is 19.8 Å². The number of nitrogens with two attached hydrogens (primary N) is 1. The fourth-order valence-corrected chi connectivity index (χ4v) is 1.11. The number of hydrogen-bond acceptors (Lipinski definition) is 3. The number of rotatable bonds is 6. The molecule has 0 radical (unpaired) electrons. The van der Waals surface area contributed by atoms with E-state index in [1.165, 1.54) is 0 Å². The lowest BCUT2D eigenvalue weighted by molar-refractivity contribution is 0.0660. The highest BCUT2D eigenvalue weighted by molar-refractivity contribution is 5.13. The van der Waals surface area contributed by atoms with Crippen LogP contribution in [0, 0.1) is 5.92 Å². The molecular formula is C11H17NO2. The molecule has 0 aliphatic rings. The summed E-state index contributed by atoms with van der Waals surface area (Å²) < 4.78 is 5.42. The molecule has 0 amide bonds. The average Bonchev–Trinajstić information content (AvgIpc) is 2.26. The molecule has 14 heavy (non-hydrogen) atoms. The second-order valence-corrected chi connectivity index (χ2v) is 3.29. The van der Waals surface area contributed by atoms with Gasteiger partial charge in [-0.2, -0.15) is 0 Å². The molecule has 0 heterocycles. The van der Waals surface area contributed by atoms with E-state index in [0.29, 0.717) is 19.8 Å². The predicted molar refractivity (Wildman–Crippen MR) is 55.7 cm³/mol. The number of ether oxygens (including phenoxy) is 1. The van der Waals surface area contributed by atoms with Gasteiger partial charge in [-0.1, -0.05) is 30.3 Å². The average molecular weight is 195 g/mol. The third kappa shape index (κ3) is 3.87. The molecule has 1 aromatic carbocycles. The van der Waals surface area contributed by atoms with Crippen LogP contribution >= 0.6 is 0 Å². The first-order valence-corrected chi connectivity index (χ1v) is 4.79. The van der Waals surface area contributed by atoms with E-state index in [9.17, 15) is 0 Å². The molecule has 3 heteroatoms. The van der Waals surface area contributed by atoms with E-state index >= 15 is 0 Å². The number of benzene rings is 1. The number of aliphatic hydroxyl groups excluding tert-OH is 1. The Labute approximate surface area is 84.5 Å². The van der Waals surface area contributed by atoms with Gasteiger partial charge in [0.2, 0.25) is 0 Å². The third-order valence-corrected chi connectivity index (χ3v) is 2.06. The Hall–Kier alpha value is -0.900. The van der Waals surface area contributed by atoms with Crippen molar-refractivity contribution < 1.29 is 9.84 Å². The summed E-state index contributed by atoms with van der Waals surface area (Å²) in [5.41, 5.74) is 6.56. The van der Waals surface area contributed by atoms with Crippen molar-refractivity contribution in [1.82, 2.24) is 0 Å². The van der Waals surface area contributed by atoms with Crippen molar-refractivity contribution in [3.63, 3.8) is 0 Å². The van der Waals surface area contributed by atoms with Gasteiger partial charge >= 0.3 is 0 Å². The molecule has 0 saturated carbocycles. The Morgan fingerprint density at radius 2 is 2.00 bits per heavy atom. The van der Waals surface area contributed by atoms with Gasteiger partial charge in [-0.3, -0.25) is 0 Å². The maximum Gasteiger partial charge on any atom is 0.0717 e. The summed E-state index contributed by atoms with van der Waals surface area (Å²) in [6.45, 7) is 1.65. The maximum absolute atomic E-state index is 8.86. The minimum absolute atomic E-state index is 0.0544. The van der Waals surface area contributed by atoms with E-state index in [-0.39, 0.29) is 12.5 Å². The molecule has 0 aliphatic heterocycles. The van der Waals surface area contributed by atoms with Gasteiger partial charge in [-0.15, -0.1) is 0 Å². The standard InChI is InChI=1S/C11H17NO2/c12-6-11(7-13)9-14-8-10-4-2-1-3-5-10/h1-5,11,13H,6-9,12H2/t11-/m1/s1. The minimum Gasteiger partial charge on any atom is -0.396 e. The lowest BCUT2D eigenvalue weighted by Crippen LogP contribution is -2.23. The molecule has 0 saturated heterocycles. The number of aliphatic hydroxyl groups is 1. The van der Waals surface area contributed by atoms with Crippen molar-refractivity contribution >= 4 is 0 Å². The summed E-state index contributed by atoms with van der Waals surface area (Å²) in [5, 5.41) is 8.86. The molecule has 0 fully saturated rings. The molecule has 0 aliphatic carbocycles. The molecule has 0 aromatic heterocycles. The first-order valence-electron chi connectivity index (χ1n) is 4.79. The quantitative estimate of drug-likeness (QED) is 0.705. The van der Waals surface area contributed by atoms with E-state index < -0.39 is 0 Å². The van der Waals surface area contributed by atoms with Gasteiger partial charge in [-0.25, -0.2) is 0 Å². The van der Waals surface area contributed by atoms with Crippen LogP contribution in [0.15, 0.2) is 30.3 Å². The molecule has 0 unspecified atom stereocenters. The number of hydrogen-bond donors (Lipinski definition) is 2. The molecule has 0 spiro atoms. The lowest BCUT2D eigenvalue weighted by atomic mass is 10.2. The van der Waals surface area contributed by atoms with Gasteiger partial charge in [0.15, 0.2) is 0 Å². The highest BCUT2D eigenvalue weighted by atomic mass is 16.5. The summed E-state index contributed by atoms with van der Waals surface area (Å²) in [6.07, 6.45) is 0. The SMILES string of the molecule is NC[C@H](CO)COCc1ccccc1. The van der Waals surface area contributed by atoms with Crippen molar-refractivity contribution in [1.29, 1.82) is 0 Å². The smallest absolute Gasteiger partial charge is 0.0717 e. The van der Waals surface area contributed by atoms with Crippen LogP contribution in [0.2, 0.25) is 0 Å². The van der Waals surface area contributed by atoms with Crippen molar-refractivity contribution in [3.05, 3.63) is 35.9 Å². The van der Waals surface area contributed by atoms with Crippen LogP contribution in [0.4, 0.5) is 0 Å².